The van der Waals surface area contributed by atoms with Crippen LogP contribution >= 0.6 is 11.6 Å². The number of anilines is 1. The molecular weight excluding hydrogens is 590 g/mol. The summed E-state index contributed by atoms with van der Waals surface area (Å²) >= 11 is 6.47. The second kappa shape index (κ2) is 15.1. The molecular formula is C32H40ClN3O6S. The first-order chi connectivity index (χ1) is 20.4. The van der Waals surface area contributed by atoms with E-state index in [9.17, 15) is 18.0 Å². The highest BCUT2D eigenvalue weighted by atomic mass is 35.5. The van der Waals surface area contributed by atoms with Crippen molar-refractivity contribution in [3.8, 4) is 11.5 Å². The van der Waals surface area contributed by atoms with Crippen molar-refractivity contribution in [2.45, 2.75) is 51.6 Å². The summed E-state index contributed by atoms with van der Waals surface area (Å²) in [5.41, 5.74) is 1.62. The Hall–Kier alpha value is -3.76. The standard InChI is InChI=1S/C32H40ClN3O6S/c1-7-28(32(38)34-19-22(2)3)35(20-24-10-8-9-11-27(24)33)31(37)21-36(29-18-25(41-5)14-17-30(29)42-6)43(39,40)26-15-12-23(4)13-16-26/h8-18,22,28H,7,19-21H2,1-6H3,(H,34,38)/t28-/m1/s1. The zero-order chi connectivity index (χ0) is 31.7. The molecule has 43 heavy (non-hydrogen) atoms. The summed E-state index contributed by atoms with van der Waals surface area (Å²) in [6.07, 6.45) is 0.299. The van der Waals surface area contributed by atoms with Crippen LogP contribution in [0.5, 0.6) is 11.5 Å². The van der Waals surface area contributed by atoms with Crippen molar-refractivity contribution < 1.29 is 27.5 Å². The average Bonchev–Trinajstić information content (AvgIpc) is 2.99. The molecule has 0 unspecified atom stereocenters. The van der Waals surface area contributed by atoms with Gasteiger partial charge in [-0.1, -0.05) is 68.3 Å². The third-order valence-corrected chi connectivity index (χ3v) is 9.05. The molecule has 232 valence electrons. The summed E-state index contributed by atoms with van der Waals surface area (Å²) < 4.78 is 40.3. The van der Waals surface area contributed by atoms with Crippen molar-refractivity contribution in [1.82, 2.24) is 10.2 Å². The number of benzene rings is 3. The van der Waals surface area contributed by atoms with Crippen LogP contribution in [-0.4, -0.2) is 58.5 Å². The topological polar surface area (TPSA) is 105 Å². The van der Waals surface area contributed by atoms with Gasteiger partial charge in [0.05, 0.1) is 24.8 Å². The molecule has 0 bridgehead atoms. The van der Waals surface area contributed by atoms with E-state index in [0.717, 1.165) is 9.87 Å². The first-order valence-corrected chi connectivity index (χ1v) is 15.9. The van der Waals surface area contributed by atoms with Crippen LogP contribution in [0.15, 0.2) is 71.6 Å². The Morgan fingerprint density at radius 1 is 0.977 bits per heavy atom. The summed E-state index contributed by atoms with van der Waals surface area (Å²) in [5.74, 6) is -0.121. The van der Waals surface area contributed by atoms with Gasteiger partial charge >= 0.3 is 0 Å². The number of methoxy groups -OCH3 is 2. The molecule has 11 heteroatoms. The molecule has 0 fully saturated rings. The lowest BCUT2D eigenvalue weighted by Crippen LogP contribution is -2.52. The number of carbonyl (C=O) groups excluding carboxylic acids is 2. The fraction of sp³-hybridized carbons (Fsp3) is 0.375. The van der Waals surface area contributed by atoms with Crippen molar-refractivity contribution in [2.24, 2.45) is 5.92 Å². The zero-order valence-corrected chi connectivity index (χ0v) is 27.0. The molecule has 0 heterocycles. The number of carbonyl (C=O) groups is 2. The van der Waals surface area contributed by atoms with Crippen LogP contribution in [0, 0.1) is 12.8 Å². The number of halogens is 1. The molecule has 1 N–H and O–H groups in total. The number of aryl methyl sites for hydroxylation is 1. The van der Waals surface area contributed by atoms with Gasteiger partial charge in [-0.3, -0.25) is 13.9 Å². The van der Waals surface area contributed by atoms with Gasteiger partial charge < -0.3 is 19.7 Å². The van der Waals surface area contributed by atoms with Crippen LogP contribution in [0.3, 0.4) is 0 Å². The quantitative estimate of drug-likeness (QED) is 0.255. The van der Waals surface area contributed by atoms with E-state index in [4.69, 9.17) is 21.1 Å². The molecule has 3 aromatic rings. The molecule has 0 spiro atoms. The van der Waals surface area contributed by atoms with Crippen LogP contribution in [0.1, 0.15) is 38.3 Å². The maximum absolute atomic E-state index is 14.3. The minimum Gasteiger partial charge on any atom is -0.497 e. The van der Waals surface area contributed by atoms with Crippen LogP contribution in [0.4, 0.5) is 5.69 Å². The molecule has 2 amide bonds. The lowest BCUT2D eigenvalue weighted by molar-refractivity contribution is -0.140. The molecule has 9 nitrogen and oxygen atoms in total. The minimum atomic E-state index is -4.29. The van der Waals surface area contributed by atoms with Gasteiger partial charge in [0.2, 0.25) is 11.8 Å². The van der Waals surface area contributed by atoms with Crippen LogP contribution < -0.4 is 19.1 Å². The summed E-state index contributed by atoms with van der Waals surface area (Å²) in [6.45, 7) is 7.42. The Bertz CT molecular complexity index is 1510. The van der Waals surface area contributed by atoms with Gasteiger partial charge in [-0.05, 0) is 55.2 Å². The summed E-state index contributed by atoms with van der Waals surface area (Å²) in [7, 11) is -1.41. The highest BCUT2D eigenvalue weighted by molar-refractivity contribution is 7.92. The van der Waals surface area contributed by atoms with Gasteiger partial charge in [0.15, 0.2) is 0 Å². The molecule has 0 aliphatic carbocycles. The summed E-state index contributed by atoms with van der Waals surface area (Å²) in [5, 5.41) is 3.34. The molecule has 3 rings (SSSR count). The Labute approximate surface area is 259 Å². The second-order valence-corrected chi connectivity index (χ2v) is 12.8. The number of hydrogen-bond donors (Lipinski definition) is 1. The largest absolute Gasteiger partial charge is 0.497 e. The predicted molar refractivity (Wildman–Crippen MR) is 169 cm³/mol. The molecule has 0 radical (unpaired) electrons. The first kappa shape index (κ1) is 33.7. The van der Waals surface area contributed by atoms with Gasteiger partial charge in [-0.25, -0.2) is 8.42 Å². The third-order valence-electron chi connectivity index (χ3n) is 6.91. The fourth-order valence-electron chi connectivity index (χ4n) is 4.49. The summed E-state index contributed by atoms with van der Waals surface area (Å²) in [6, 6.07) is 17.2. The highest BCUT2D eigenvalue weighted by Gasteiger charge is 2.35. The SMILES string of the molecule is CC[C@H](C(=O)NCC(C)C)N(Cc1ccccc1Cl)C(=O)CN(c1cc(OC)ccc1OC)S(=O)(=O)c1ccc(C)cc1. The third kappa shape index (κ3) is 8.42. The lowest BCUT2D eigenvalue weighted by atomic mass is 10.1. The highest BCUT2D eigenvalue weighted by Crippen LogP contribution is 2.36. The summed E-state index contributed by atoms with van der Waals surface area (Å²) in [4.78, 5) is 29.1. The average molecular weight is 630 g/mol. The monoisotopic (exact) mass is 629 g/mol. The van der Waals surface area contributed by atoms with E-state index in [1.165, 1.54) is 37.3 Å². The van der Waals surface area contributed by atoms with E-state index in [2.05, 4.69) is 5.32 Å². The molecule has 0 aliphatic heterocycles. The Kier molecular flexibility index (Phi) is 11.9. The van der Waals surface area contributed by atoms with E-state index in [-0.39, 0.29) is 34.7 Å². The normalized spacial score (nSPS) is 12.0. The molecule has 3 aromatic carbocycles. The molecule has 0 aromatic heterocycles. The van der Waals surface area contributed by atoms with E-state index in [1.807, 2.05) is 20.8 Å². The predicted octanol–water partition coefficient (Wildman–Crippen LogP) is 5.44. The van der Waals surface area contributed by atoms with Gasteiger partial charge in [0.25, 0.3) is 10.0 Å². The lowest BCUT2D eigenvalue weighted by Gasteiger charge is -2.34. The fourth-order valence-corrected chi connectivity index (χ4v) is 6.11. The van der Waals surface area contributed by atoms with E-state index < -0.39 is 28.5 Å². The van der Waals surface area contributed by atoms with Crippen LogP contribution in [-0.2, 0) is 26.2 Å². The van der Waals surface area contributed by atoms with Crippen molar-refractivity contribution in [3.05, 3.63) is 82.9 Å². The second-order valence-electron chi connectivity index (χ2n) is 10.5. The number of rotatable bonds is 14. The molecule has 0 saturated heterocycles. The number of nitrogens with zero attached hydrogens (tertiary/aromatic N) is 2. The maximum Gasteiger partial charge on any atom is 0.264 e. The van der Waals surface area contributed by atoms with Gasteiger partial charge in [-0.15, -0.1) is 0 Å². The zero-order valence-electron chi connectivity index (χ0n) is 25.5. The Morgan fingerprint density at radius 2 is 1.65 bits per heavy atom. The number of sulfonamides is 1. The number of hydrogen-bond acceptors (Lipinski definition) is 6. The Balaban J connectivity index is 2.15. The number of ether oxygens (including phenoxy) is 2. The van der Waals surface area contributed by atoms with Crippen LogP contribution in [0.25, 0.3) is 0 Å². The maximum atomic E-state index is 14.3. The molecule has 1 atom stereocenters. The van der Waals surface area contributed by atoms with Gasteiger partial charge in [0, 0.05) is 24.2 Å². The van der Waals surface area contributed by atoms with Crippen molar-refractivity contribution in [2.75, 3.05) is 31.6 Å². The number of nitrogens with one attached hydrogen (secondary N) is 1. The van der Waals surface area contributed by atoms with Crippen molar-refractivity contribution in [3.63, 3.8) is 0 Å². The number of amides is 2. The minimum absolute atomic E-state index is 0.000221. The van der Waals surface area contributed by atoms with Gasteiger partial charge in [-0.2, -0.15) is 0 Å². The smallest absolute Gasteiger partial charge is 0.264 e. The molecule has 0 aliphatic rings. The van der Waals surface area contributed by atoms with E-state index >= 15 is 0 Å². The van der Waals surface area contributed by atoms with E-state index in [0.29, 0.717) is 29.3 Å². The molecule has 0 saturated carbocycles. The van der Waals surface area contributed by atoms with Crippen molar-refractivity contribution in [1.29, 1.82) is 0 Å². The van der Waals surface area contributed by atoms with Crippen LogP contribution in [0.2, 0.25) is 5.02 Å². The van der Waals surface area contributed by atoms with E-state index in [1.54, 1.807) is 55.5 Å². The van der Waals surface area contributed by atoms with Gasteiger partial charge in [0.1, 0.15) is 24.1 Å². The Morgan fingerprint density at radius 3 is 2.23 bits per heavy atom. The van der Waals surface area contributed by atoms with Crippen molar-refractivity contribution >= 4 is 39.1 Å². The first-order valence-electron chi connectivity index (χ1n) is 14.0.